The van der Waals surface area contributed by atoms with Gasteiger partial charge in [-0.05, 0) is 18.1 Å². The van der Waals surface area contributed by atoms with E-state index in [4.69, 9.17) is 5.73 Å². The second-order valence-corrected chi connectivity index (χ2v) is 5.63. The number of carbonyl (C=O) groups excluding carboxylic acids is 1. The summed E-state index contributed by atoms with van der Waals surface area (Å²) < 4.78 is 24.3. The maximum Gasteiger partial charge on any atom is 0.238 e. The van der Waals surface area contributed by atoms with Crippen LogP contribution in [0.3, 0.4) is 0 Å². The number of anilines is 1. The number of hydrogen-bond donors (Lipinski definition) is 1. The maximum absolute atomic E-state index is 11.7. The van der Waals surface area contributed by atoms with E-state index in [-0.39, 0.29) is 6.54 Å². The van der Waals surface area contributed by atoms with E-state index in [1.165, 1.54) is 0 Å². The van der Waals surface area contributed by atoms with Crippen molar-refractivity contribution in [2.45, 2.75) is 13.3 Å². The summed E-state index contributed by atoms with van der Waals surface area (Å²) in [7, 11) is -3.51. The molecule has 0 heterocycles. The van der Waals surface area contributed by atoms with Crippen LogP contribution in [0.15, 0.2) is 24.3 Å². The Labute approximate surface area is 101 Å². The first kappa shape index (κ1) is 13.5. The minimum absolute atomic E-state index is 0.337. The van der Waals surface area contributed by atoms with Crippen molar-refractivity contribution in [3.63, 3.8) is 0 Å². The average Bonchev–Trinajstić information content (AvgIpc) is 2.24. The molecule has 0 aliphatic carbocycles. The Morgan fingerprint density at radius 1 is 1.35 bits per heavy atom. The van der Waals surface area contributed by atoms with Crippen LogP contribution < -0.4 is 10.0 Å². The highest BCUT2D eigenvalue weighted by Crippen LogP contribution is 2.22. The molecule has 0 atom stereocenters. The third-order valence-corrected chi connectivity index (χ3v) is 3.47. The van der Waals surface area contributed by atoms with E-state index >= 15 is 0 Å². The zero-order valence-corrected chi connectivity index (χ0v) is 10.7. The highest BCUT2D eigenvalue weighted by molar-refractivity contribution is 7.92. The van der Waals surface area contributed by atoms with Crippen molar-refractivity contribution in [1.29, 1.82) is 0 Å². The van der Waals surface area contributed by atoms with E-state index < -0.39 is 15.9 Å². The van der Waals surface area contributed by atoms with Crippen LogP contribution in [0, 0.1) is 0 Å². The molecule has 0 aromatic heterocycles. The Morgan fingerprint density at radius 2 is 1.94 bits per heavy atom. The van der Waals surface area contributed by atoms with Gasteiger partial charge in [-0.3, -0.25) is 9.10 Å². The number of benzene rings is 1. The Kier molecular flexibility index (Phi) is 4.11. The van der Waals surface area contributed by atoms with Gasteiger partial charge in [-0.2, -0.15) is 0 Å². The second-order valence-electron chi connectivity index (χ2n) is 3.72. The second kappa shape index (κ2) is 5.18. The number of primary amides is 1. The molecule has 0 fully saturated rings. The van der Waals surface area contributed by atoms with Crippen molar-refractivity contribution < 1.29 is 13.2 Å². The summed E-state index contributed by atoms with van der Waals surface area (Å²) in [5.74, 6) is -0.679. The minimum atomic E-state index is -3.51. The molecule has 0 bridgehead atoms. The molecule has 0 spiro atoms. The zero-order chi connectivity index (χ0) is 13.1. The van der Waals surface area contributed by atoms with Crippen LogP contribution in [0.25, 0.3) is 0 Å². The van der Waals surface area contributed by atoms with E-state index in [9.17, 15) is 13.2 Å². The highest BCUT2D eigenvalue weighted by Gasteiger charge is 2.21. The number of sulfonamides is 1. The third-order valence-electron chi connectivity index (χ3n) is 2.34. The molecule has 0 saturated carbocycles. The lowest BCUT2D eigenvalue weighted by Crippen LogP contribution is -2.38. The zero-order valence-electron chi connectivity index (χ0n) is 9.88. The smallest absolute Gasteiger partial charge is 0.238 e. The molecule has 2 N–H and O–H groups in total. The molecule has 1 amide bonds. The molecule has 0 aliphatic heterocycles. The van der Waals surface area contributed by atoms with Crippen LogP contribution in [0.5, 0.6) is 0 Å². The maximum atomic E-state index is 11.7. The van der Waals surface area contributed by atoms with Crippen LogP contribution in [-0.2, 0) is 21.2 Å². The number of rotatable bonds is 5. The quantitative estimate of drug-likeness (QED) is 0.833. The van der Waals surface area contributed by atoms with E-state index in [1.807, 2.05) is 19.1 Å². The lowest BCUT2D eigenvalue weighted by atomic mass is 10.1. The monoisotopic (exact) mass is 256 g/mol. The van der Waals surface area contributed by atoms with Gasteiger partial charge in [0.2, 0.25) is 15.9 Å². The average molecular weight is 256 g/mol. The van der Waals surface area contributed by atoms with Gasteiger partial charge in [0, 0.05) is 0 Å². The van der Waals surface area contributed by atoms with Crippen LogP contribution in [0.4, 0.5) is 5.69 Å². The number of carbonyl (C=O) groups is 1. The lowest BCUT2D eigenvalue weighted by molar-refractivity contribution is -0.116. The van der Waals surface area contributed by atoms with Gasteiger partial charge in [0.25, 0.3) is 0 Å². The van der Waals surface area contributed by atoms with Gasteiger partial charge in [0.15, 0.2) is 0 Å². The van der Waals surface area contributed by atoms with Gasteiger partial charge < -0.3 is 5.73 Å². The number of para-hydroxylation sites is 1. The van der Waals surface area contributed by atoms with Crippen molar-refractivity contribution in [3.8, 4) is 0 Å². The standard InChI is InChI=1S/C11H16N2O3S/c1-3-9-6-4-5-7-10(9)13(8-11(12)14)17(2,15)16/h4-7H,3,8H2,1-2H3,(H2,12,14). The molecule has 1 aromatic rings. The van der Waals surface area contributed by atoms with E-state index in [0.717, 1.165) is 16.1 Å². The number of amides is 1. The van der Waals surface area contributed by atoms with Crippen LogP contribution >= 0.6 is 0 Å². The summed E-state index contributed by atoms with van der Waals surface area (Å²) in [6.07, 6.45) is 1.74. The first-order valence-electron chi connectivity index (χ1n) is 5.20. The Morgan fingerprint density at radius 3 is 2.41 bits per heavy atom. The van der Waals surface area contributed by atoms with Gasteiger partial charge in [-0.15, -0.1) is 0 Å². The molecule has 0 saturated heterocycles. The molecule has 0 unspecified atom stereocenters. The van der Waals surface area contributed by atoms with Crippen LogP contribution in [-0.4, -0.2) is 27.1 Å². The summed E-state index contributed by atoms with van der Waals surface area (Å²) in [4.78, 5) is 10.9. The number of hydrogen-bond acceptors (Lipinski definition) is 3. The molecule has 94 valence electrons. The Hall–Kier alpha value is -1.56. The predicted octanol–water partition coefficient (Wildman–Crippen LogP) is 0.500. The summed E-state index contributed by atoms with van der Waals surface area (Å²) >= 11 is 0. The van der Waals surface area contributed by atoms with E-state index in [0.29, 0.717) is 12.1 Å². The van der Waals surface area contributed by atoms with Crippen molar-refractivity contribution in [3.05, 3.63) is 29.8 Å². The molecule has 6 heteroatoms. The summed E-state index contributed by atoms with van der Waals surface area (Å²) in [6, 6.07) is 7.05. The summed E-state index contributed by atoms with van der Waals surface area (Å²) in [6.45, 7) is 1.58. The van der Waals surface area contributed by atoms with Crippen molar-refractivity contribution in [2.75, 3.05) is 17.1 Å². The first-order valence-corrected chi connectivity index (χ1v) is 7.05. The van der Waals surface area contributed by atoms with Gasteiger partial charge in [0.05, 0.1) is 11.9 Å². The fourth-order valence-corrected chi connectivity index (χ4v) is 2.47. The molecule has 0 radical (unpaired) electrons. The first-order chi connectivity index (χ1) is 7.86. The largest absolute Gasteiger partial charge is 0.368 e. The third kappa shape index (κ3) is 3.45. The molecule has 1 aromatic carbocycles. The Balaban J connectivity index is 3.27. The van der Waals surface area contributed by atoms with E-state index in [2.05, 4.69) is 0 Å². The van der Waals surface area contributed by atoms with Crippen molar-refractivity contribution >= 4 is 21.6 Å². The topological polar surface area (TPSA) is 80.5 Å². The van der Waals surface area contributed by atoms with Crippen molar-refractivity contribution in [2.24, 2.45) is 5.73 Å². The number of aryl methyl sites for hydroxylation is 1. The number of nitrogens with zero attached hydrogens (tertiary/aromatic N) is 1. The van der Waals surface area contributed by atoms with Gasteiger partial charge in [-0.25, -0.2) is 8.42 Å². The SMILES string of the molecule is CCc1ccccc1N(CC(N)=O)S(C)(=O)=O. The van der Waals surface area contributed by atoms with E-state index in [1.54, 1.807) is 12.1 Å². The summed E-state index contributed by atoms with van der Waals surface area (Å²) in [5, 5.41) is 0. The molecular formula is C11H16N2O3S. The molecule has 0 aliphatic rings. The molecule has 5 nitrogen and oxygen atoms in total. The molecule has 1 rings (SSSR count). The summed E-state index contributed by atoms with van der Waals surface area (Å²) in [5.41, 5.74) is 6.44. The van der Waals surface area contributed by atoms with Gasteiger partial charge in [0.1, 0.15) is 6.54 Å². The molecular weight excluding hydrogens is 240 g/mol. The normalized spacial score (nSPS) is 11.2. The lowest BCUT2D eigenvalue weighted by Gasteiger charge is -2.23. The number of nitrogens with two attached hydrogens (primary N) is 1. The van der Waals surface area contributed by atoms with Gasteiger partial charge >= 0.3 is 0 Å². The fraction of sp³-hybridized carbons (Fsp3) is 0.364. The van der Waals surface area contributed by atoms with Crippen LogP contribution in [0.2, 0.25) is 0 Å². The molecule has 17 heavy (non-hydrogen) atoms. The highest BCUT2D eigenvalue weighted by atomic mass is 32.2. The fourth-order valence-electron chi connectivity index (χ4n) is 1.58. The predicted molar refractivity (Wildman–Crippen MR) is 67.2 cm³/mol. The van der Waals surface area contributed by atoms with Crippen molar-refractivity contribution in [1.82, 2.24) is 0 Å². The minimum Gasteiger partial charge on any atom is -0.368 e. The van der Waals surface area contributed by atoms with Gasteiger partial charge in [-0.1, -0.05) is 25.1 Å². The van der Waals surface area contributed by atoms with Crippen LogP contribution in [0.1, 0.15) is 12.5 Å². The Bertz CT molecular complexity index is 511.